The minimum Gasteiger partial charge on any atom is -0.455 e. The maximum atomic E-state index is 12.5. The smallest absolute Gasteiger partial charge is 0.261 e. The molecule has 0 saturated carbocycles. The van der Waals surface area contributed by atoms with Crippen LogP contribution in [0.15, 0.2) is 66.0 Å². The van der Waals surface area contributed by atoms with Crippen LogP contribution in [0.5, 0.6) is 11.5 Å². The first-order chi connectivity index (χ1) is 13.0. The maximum Gasteiger partial charge on any atom is 0.261 e. The zero-order valence-electron chi connectivity index (χ0n) is 15.1. The van der Waals surface area contributed by atoms with E-state index in [4.69, 9.17) is 4.74 Å². The van der Waals surface area contributed by atoms with Crippen LogP contribution in [0.2, 0.25) is 0 Å². The van der Waals surface area contributed by atoms with Gasteiger partial charge in [-0.25, -0.2) is 0 Å². The minimum atomic E-state index is -0.688. The summed E-state index contributed by atoms with van der Waals surface area (Å²) < 4.78 is 5.88. The topological polar surface area (TPSA) is 67.4 Å². The number of ether oxygens (including phenoxy) is 1. The monoisotopic (exact) mass is 380 g/mol. The number of hydrogen-bond acceptors (Lipinski definition) is 4. The number of para-hydroxylation sites is 2. The SMILES string of the molecule is Cc1ccc(Oc2ccccc2NC(=O)C(C)NC(=O)c2cccs2)cc1. The average Bonchev–Trinajstić information content (AvgIpc) is 3.20. The van der Waals surface area contributed by atoms with Crippen molar-refractivity contribution in [1.82, 2.24) is 5.32 Å². The molecule has 0 bridgehead atoms. The summed E-state index contributed by atoms with van der Waals surface area (Å²) in [7, 11) is 0. The second-order valence-electron chi connectivity index (χ2n) is 6.07. The molecule has 3 rings (SSSR count). The first-order valence-corrected chi connectivity index (χ1v) is 9.39. The van der Waals surface area contributed by atoms with Crippen molar-refractivity contribution in [3.05, 3.63) is 76.5 Å². The molecule has 138 valence electrons. The van der Waals surface area contributed by atoms with Crippen molar-refractivity contribution in [2.75, 3.05) is 5.32 Å². The van der Waals surface area contributed by atoms with Gasteiger partial charge in [0.1, 0.15) is 11.8 Å². The van der Waals surface area contributed by atoms with Crippen LogP contribution in [-0.2, 0) is 4.79 Å². The molecule has 1 atom stereocenters. The summed E-state index contributed by atoms with van der Waals surface area (Å²) in [5, 5.41) is 7.33. The Morgan fingerprint density at radius 1 is 1.00 bits per heavy atom. The van der Waals surface area contributed by atoms with Crippen LogP contribution >= 0.6 is 11.3 Å². The minimum absolute atomic E-state index is 0.267. The highest BCUT2D eigenvalue weighted by molar-refractivity contribution is 7.12. The third kappa shape index (κ3) is 4.95. The Labute approximate surface area is 162 Å². The maximum absolute atomic E-state index is 12.5. The Bertz CT molecular complexity index is 921. The van der Waals surface area contributed by atoms with E-state index in [9.17, 15) is 9.59 Å². The number of carbonyl (C=O) groups excluding carboxylic acids is 2. The Morgan fingerprint density at radius 2 is 1.74 bits per heavy atom. The van der Waals surface area contributed by atoms with Crippen LogP contribution in [0.3, 0.4) is 0 Å². The van der Waals surface area contributed by atoms with Crippen LogP contribution in [-0.4, -0.2) is 17.9 Å². The van der Waals surface area contributed by atoms with Crippen molar-refractivity contribution in [3.8, 4) is 11.5 Å². The number of rotatable bonds is 6. The molecule has 1 aromatic heterocycles. The van der Waals surface area contributed by atoms with E-state index in [1.54, 1.807) is 31.2 Å². The number of carbonyl (C=O) groups is 2. The highest BCUT2D eigenvalue weighted by Gasteiger charge is 2.18. The molecule has 1 heterocycles. The molecule has 0 spiro atoms. The Morgan fingerprint density at radius 3 is 2.44 bits per heavy atom. The predicted octanol–water partition coefficient (Wildman–Crippen LogP) is 4.61. The van der Waals surface area contributed by atoms with Crippen LogP contribution in [0.1, 0.15) is 22.2 Å². The lowest BCUT2D eigenvalue weighted by atomic mass is 10.2. The van der Waals surface area contributed by atoms with Gasteiger partial charge in [0.05, 0.1) is 10.6 Å². The molecule has 0 aliphatic carbocycles. The number of amides is 2. The molecule has 0 saturated heterocycles. The molecule has 0 aliphatic heterocycles. The van der Waals surface area contributed by atoms with E-state index >= 15 is 0 Å². The fourth-order valence-electron chi connectivity index (χ4n) is 2.37. The summed E-state index contributed by atoms with van der Waals surface area (Å²) in [6, 6.07) is 17.7. The summed E-state index contributed by atoms with van der Waals surface area (Å²) in [6.07, 6.45) is 0. The predicted molar refractivity (Wildman–Crippen MR) is 108 cm³/mol. The molecule has 6 heteroatoms. The zero-order chi connectivity index (χ0) is 19.2. The Kier molecular flexibility index (Phi) is 5.88. The van der Waals surface area contributed by atoms with Gasteiger partial charge in [0.15, 0.2) is 5.75 Å². The van der Waals surface area contributed by atoms with Crippen molar-refractivity contribution >= 4 is 28.8 Å². The number of hydrogen-bond donors (Lipinski definition) is 2. The number of benzene rings is 2. The summed E-state index contributed by atoms with van der Waals surface area (Å²) in [5.41, 5.74) is 1.68. The lowest BCUT2D eigenvalue weighted by Gasteiger charge is -2.16. The van der Waals surface area contributed by atoms with Gasteiger partial charge in [-0.15, -0.1) is 11.3 Å². The van der Waals surface area contributed by atoms with Gasteiger partial charge in [0, 0.05) is 0 Å². The largest absolute Gasteiger partial charge is 0.455 e. The summed E-state index contributed by atoms with van der Waals surface area (Å²) in [5.74, 6) is 0.629. The fourth-order valence-corrected chi connectivity index (χ4v) is 3.00. The summed E-state index contributed by atoms with van der Waals surface area (Å²) in [6.45, 7) is 3.65. The van der Waals surface area contributed by atoms with E-state index < -0.39 is 6.04 Å². The molecular formula is C21H20N2O3S. The summed E-state index contributed by atoms with van der Waals surface area (Å²) in [4.78, 5) is 25.2. The van der Waals surface area contributed by atoms with Gasteiger partial charge >= 0.3 is 0 Å². The van der Waals surface area contributed by atoms with Gasteiger partial charge in [-0.05, 0) is 49.6 Å². The zero-order valence-corrected chi connectivity index (χ0v) is 15.9. The average molecular weight is 380 g/mol. The summed E-state index contributed by atoms with van der Waals surface area (Å²) >= 11 is 1.33. The first kappa shape index (κ1) is 18.7. The van der Waals surface area contributed by atoms with E-state index in [1.807, 2.05) is 48.7 Å². The number of aryl methyl sites for hydroxylation is 1. The van der Waals surface area contributed by atoms with E-state index in [0.717, 1.165) is 5.56 Å². The van der Waals surface area contributed by atoms with Gasteiger partial charge in [-0.1, -0.05) is 35.9 Å². The molecule has 0 fully saturated rings. The molecule has 27 heavy (non-hydrogen) atoms. The lowest BCUT2D eigenvalue weighted by Crippen LogP contribution is -2.41. The fraction of sp³-hybridized carbons (Fsp3) is 0.143. The quantitative estimate of drug-likeness (QED) is 0.656. The second-order valence-corrected chi connectivity index (χ2v) is 7.02. The lowest BCUT2D eigenvalue weighted by molar-refractivity contribution is -0.117. The third-order valence-electron chi connectivity index (χ3n) is 3.88. The standard InChI is InChI=1S/C21H20N2O3S/c1-14-9-11-16(12-10-14)26-18-7-4-3-6-17(18)23-20(24)15(2)22-21(25)19-8-5-13-27-19/h3-13,15H,1-2H3,(H,22,25)(H,23,24). The van der Waals surface area contributed by atoms with Crippen molar-refractivity contribution in [1.29, 1.82) is 0 Å². The molecule has 0 radical (unpaired) electrons. The number of nitrogens with one attached hydrogen (secondary N) is 2. The van der Waals surface area contributed by atoms with Crippen molar-refractivity contribution in [2.24, 2.45) is 0 Å². The van der Waals surface area contributed by atoms with E-state index in [1.165, 1.54) is 11.3 Å². The van der Waals surface area contributed by atoms with Gasteiger partial charge in [-0.3, -0.25) is 9.59 Å². The van der Waals surface area contributed by atoms with Gasteiger partial charge < -0.3 is 15.4 Å². The van der Waals surface area contributed by atoms with Crippen LogP contribution in [0.4, 0.5) is 5.69 Å². The van der Waals surface area contributed by atoms with Crippen molar-refractivity contribution in [3.63, 3.8) is 0 Å². The molecule has 3 aromatic rings. The highest BCUT2D eigenvalue weighted by atomic mass is 32.1. The molecule has 2 N–H and O–H groups in total. The second kappa shape index (κ2) is 8.51. The molecule has 5 nitrogen and oxygen atoms in total. The Hall–Kier alpha value is -3.12. The normalized spacial score (nSPS) is 11.5. The van der Waals surface area contributed by atoms with E-state index in [-0.39, 0.29) is 11.8 Å². The van der Waals surface area contributed by atoms with Crippen molar-refractivity contribution in [2.45, 2.75) is 19.9 Å². The Balaban J connectivity index is 1.67. The van der Waals surface area contributed by atoms with E-state index in [0.29, 0.717) is 22.1 Å². The molecule has 1 unspecified atom stereocenters. The van der Waals surface area contributed by atoms with Gasteiger partial charge in [0.25, 0.3) is 5.91 Å². The van der Waals surface area contributed by atoms with Crippen molar-refractivity contribution < 1.29 is 14.3 Å². The molecule has 2 aromatic carbocycles. The van der Waals surface area contributed by atoms with Crippen LogP contribution in [0.25, 0.3) is 0 Å². The third-order valence-corrected chi connectivity index (χ3v) is 4.75. The van der Waals surface area contributed by atoms with Gasteiger partial charge in [-0.2, -0.15) is 0 Å². The number of thiophene rings is 1. The molecule has 2 amide bonds. The van der Waals surface area contributed by atoms with E-state index in [2.05, 4.69) is 10.6 Å². The van der Waals surface area contributed by atoms with Gasteiger partial charge in [0.2, 0.25) is 5.91 Å². The highest BCUT2D eigenvalue weighted by Crippen LogP contribution is 2.29. The van der Waals surface area contributed by atoms with Crippen LogP contribution in [0, 0.1) is 6.92 Å². The number of anilines is 1. The molecule has 0 aliphatic rings. The molecular weight excluding hydrogens is 360 g/mol. The van der Waals surface area contributed by atoms with Crippen LogP contribution < -0.4 is 15.4 Å². The first-order valence-electron chi connectivity index (χ1n) is 8.52.